The van der Waals surface area contributed by atoms with Gasteiger partial charge in [-0.05, 0) is 79.8 Å². The van der Waals surface area contributed by atoms with E-state index in [0.717, 1.165) is 0 Å². The van der Waals surface area contributed by atoms with E-state index < -0.39 is 30.0 Å². The van der Waals surface area contributed by atoms with Crippen molar-refractivity contribution in [3.63, 3.8) is 0 Å². The molecule has 46 heavy (non-hydrogen) atoms. The summed E-state index contributed by atoms with van der Waals surface area (Å²) < 4.78 is 40.1. The maximum atomic E-state index is 11.6. The highest BCUT2D eigenvalue weighted by Gasteiger charge is 2.09. The lowest BCUT2D eigenvalue weighted by Crippen LogP contribution is -2.20. The second-order valence-corrected chi connectivity index (χ2v) is 8.96. The lowest BCUT2D eigenvalue weighted by atomic mass is 10.4. The van der Waals surface area contributed by atoms with Crippen LogP contribution in [-0.4, -0.2) is 49.8 Å². The zero-order chi connectivity index (χ0) is 32.8. The molecule has 4 aromatic rings. The first-order valence-corrected chi connectivity index (χ1v) is 13.9. The quantitative estimate of drug-likeness (QED) is 0.0638. The van der Waals surface area contributed by atoms with Gasteiger partial charge in [0, 0.05) is 30.7 Å². The molecule has 1 atom stereocenters. The fraction of sp³-hybridized carbons (Fsp3) is 0.176. The van der Waals surface area contributed by atoms with Gasteiger partial charge in [-0.2, -0.15) is 0 Å². The molecule has 4 aromatic heterocycles. The second-order valence-electron chi connectivity index (χ2n) is 8.96. The highest BCUT2D eigenvalue weighted by Crippen LogP contribution is 2.06. The van der Waals surface area contributed by atoms with Crippen LogP contribution in [0.1, 0.15) is 36.4 Å². The van der Waals surface area contributed by atoms with E-state index >= 15 is 0 Å². The van der Waals surface area contributed by atoms with E-state index in [1.54, 1.807) is 55.5 Å². The molecule has 0 N–H and O–H groups in total. The number of esters is 4. The Kier molecular flexibility index (Phi) is 15.0. The minimum absolute atomic E-state index is 0.0400. The third-order valence-electron chi connectivity index (χ3n) is 5.26. The van der Waals surface area contributed by atoms with Gasteiger partial charge in [0.25, 0.3) is 0 Å². The van der Waals surface area contributed by atoms with E-state index in [0.29, 0.717) is 29.5 Å². The molecule has 4 rings (SSSR count). The average Bonchev–Trinajstić information content (AvgIpc) is 3.88. The highest BCUT2D eigenvalue weighted by molar-refractivity contribution is 5.88. The number of carbonyl (C=O) groups is 4. The van der Waals surface area contributed by atoms with Crippen molar-refractivity contribution in [3.8, 4) is 0 Å². The van der Waals surface area contributed by atoms with Gasteiger partial charge in [-0.1, -0.05) is 0 Å². The van der Waals surface area contributed by atoms with Crippen molar-refractivity contribution in [1.82, 2.24) is 0 Å². The lowest BCUT2D eigenvalue weighted by molar-refractivity contribution is -0.151. The van der Waals surface area contributed by atoms with E-state index in [1.807, 2.05) is 0 Å². The number of carbonyl (C=O) groups excluding carboxylic acids is 4. The molecule has 0 saturated carbocycles. The Bertz CT molecular complexity index is 1490. The Morgan fingerprint density at radius 1 is 0.565 bits per heavy atom. The van der Waals surface area contributed by atoms with Crippen LogP contribution >= 0.6 is 0 Å². The van der Waals surface area contributed by atoms with Crippen molar-refractivity contribution < 1.29 is 55.8 Å². The molecule has 0 aromatic carbocycles. The highest BCUT2D eigenvalue weighted by atomic mass is 16.6. The smallest absolute Gasteiger partial charge is 0.331 e. The van der Waals surface area contributed by atoms with Crippen LogP contribution in [0.2, 0.25) is 0 Å². The molecule has 0 aliphatic carbocycles. The van der Waals surface area contributed by atoms with Gasteiger partial charge in [0.1, 0.15) is 35.8 Å². The SMILES string of the molecule is CC(COC(=O)/C=C/c1ccco1)OC(=O)/C=C/c1ccco1.O=C(/C=C/c1ccco1)OCCCOC(=O)/C=C/c1ccco1. The number of furan rings is 4. The molecule has 0 bridgehead atoms. The predicted octanol–water partition coefficient (Wildman–Crippen LogP) is 6.15. The molecule has 12 heteroatoms. The van der Waals surface area contributed by atoms with Gasteiger partial charge in [-0.25, -0.2) is 19.2 Å². The zero-order valence-corrected chi connectivity index (χ0v) is 24.9. The van der Waals surface area contributed by atoms with Crippen LogP contribution < -0.4 is 0 Å². The number of ether oxygens (including phenoxy) is 4. The minimum Gasteiger partial charge on any atom is -0.465 e. The first kappa shape index (κ1) is 34.5. The van der Waals surface area contributed by atoms with E-state index in [1.165, 1.54) is 73.7 Å². The van der Waals surface area contributed by atoms with E-state index in [2.05, 4.69) is 0 Å². The Morgan fingerprint density at radius 2 is 0.913 bits per heavy atom. The van der Waals surface area contributed by atoms with Gasteiger partial charge >= 0.3 is 23.9 Å². The fourth-order valence-electron chi connectivity index (χ4n) is 3.16. The van der Waals surface area contributed by atoms with Crippen molar-refractivity contribution in [2.75, 3.05) is 19.8 Å². The number of rotatable bonds is 15. The van der Waals surface area contributed by atoms with E-state index in [4.69, 9.17) is 36.6 Å². The summed E-state index contributed by atoms with van der Waals surface area (Å²) in [7, 11) is 0. The summed E-state index contributed by atoms with van der Waals surface area (Å²) in [5.74, 6) is 0.175. The summed E-state index contributed by atoms with van der Waals surface area (Å²) in [6.45, 7) is 1.91. The molecule has 0 aliphatic heterocycles. The van der Waals surface area contributed by atoms with Crippen molar-refractivity contribution in [1.29, 1.82) is 0 Å². The van der Waals surface area contributed by atoms with Gasteiger partial charge in [0.15, 0.2) is 0 Å². The molecule has 0 spiro atoms. The van der Waals surface area contributed by atoms with Crippen LogP contribution in [0.25, 0.3) is 24.3 Å². The second kappa shape index (κ2) is 20.0. The standard InChI is InChI=1S/2C17H16O6/c1-13(23-17(19)9-7-15-5-3-11-21-15)12-22-16(18)8-6-14-4-2-10-20-14;18-16(8-6-14-4-1-10-20-14)22-12-3-13-23-17(19)9-7-15-5-2-11-21-15/h2-11,13H,12H2,1H3;1-2,4-11H,3,12-13H2/b2*8-6+,9-7+. The topological polar surface area (TPSA) is 158 Å². The van der Waals surface area contributed by atoms with E-state index in [-0.39, 0.29) is 19.8 Å². The maximum absolute atomic E-state index is 11.6. The molecule has 0 amide bonds. The zero-order valence-electron chi connectivity index (χ0n) is 24.9. The van der Waals surface area contributed by atoms with Crippen LogP contribution in [0.5, 0.6) is 0 Å². The molecule has 4 heterocycles. The molecular weight excluding hydrogens is 600 g/mol. The third-order valence-corrected chi connectivity index (χ3v) is 5.26. The van der Waals surface area contributed by atoms with Crippen molar-refractivity contribution in [3.05, 3.63) is 121 Å². The molecule has 0 radical (unpaired) electrons. The summed E-state index contributed by atoms with van der Waals surface area (Å²) in [5, 5.41) is 0. The van der Waals surface area contributed by atoms with Crippen LogP contribution in [0.4, 0.5) is 0 Å². The molecule has 12 nitrogen and oxygen atoms in total. The monoisotopic (exact) mass is 632 g/mol. The minimum atomic E-state index is -0.565. The van der Waals surface area contributed by atoms with Crippen LogP contribution in [-0.2, 0) is 38.1 Å². The molecule has 0 fully saturated rings. The average molecular weight is 633 g/mol. The predicted molar refractivity (Wildman–Crippen MR) is 164 cm³/mol. The Labute approximate surface area is 264 Å². The van der Waals surface area contributed by atoms with Crippen LogP contribution in [0.3, 0.4) is 0 Å². The molecule has 0 saturated heterocycles. The number of hydrogen-bond acceptors (Lipinski definition) is 12. The fourth-order valence-corrected chi connectivity index (χ4v) is 3.16. The van der Waals surface area contributed by atoms with E-state index in [9.17, 15) is 19.2 Å². The third kappa shape index (κ3) is 14.9. The summed E-state index contributed by atoms with van der Waals surface area (Å²) in [4.78, 5) is 45.8. The van der Waals surface area contributed by atoms with Crippen LogP contribution in [0.15, 0.2) is 116 Å². The first-order valence-electron chi connectivity index (χ1n) is 13.9. The van der Waals surface area contributed by atoms with Gasteiger partial charge < -0.3 is 36.6 Å². The van der Waals surface area contributed by atoms with Crippen molar-refractivity contribution in [2.24, 2.45) is 0 Å². The van der Waals surface area contributed by atoms with Crippen molar-refractivity contribution in [2.45, 2.75) is 19.4 Å². The van der Waals surface area contributed by atoms with Gasteiger partial charge in [-0.15, -0.1) is 0 Å². The summed E-state index contributed by atoms with van der Waals surface area (Å²) >= 11 is 0. The molecule has 0 aliphatic rings. The Hall–Kier alpha value is -6.04. The van der Waals surface area contributed by atoms with Gasteiger partial charge in [0.2, 0.25) is 0 Å². The molecular formula is C34H32O12. The van der Waals surface area contributed by atoms with Gasteiger partial charge in [0.05, 0.1) is 38.3 Å². The normalized spacial score (nSPS) is 11.8. The maximum Gasteiger partial charge on any atom is 0.331 e. The molecule has 1 unspecified atom stereocenters. The Balaban J connectivity index is 0.000000250. The first-order chi connectivity index (χ1) is 22.4. The van der Waals surface area contributed by atoms with Gasteiger partial charge in [-0.3, -0.25) is 0 Å². The number of hydrogen-bond donors (Lipinski definition) is 0. The van der Waals surface area contributed by atoms with Crippen molar-refractivity contribution >= 4 is 48.2 Å². The summed E-state index contributed by atoms with van der Waals surface area (Å²) in [6, 6.07) is 13.7. The summed E-state index contributed by atoms with van der Waals surface area (Å²) in [5.41, 5.74) is 0. The van der Waals surface area contributed by atoms with Crippen LogP contribution in [0, 0.1) is 0 Å². The molecule has 240 valence electrons. The largest absolute Gasteiger partial charge is 0.465 e. The lowest BCUT2D eigenvalue weighted by Gasteiger charge is -2.11. The Morgan fingerprint density at radius 3 is 1.26 bits per heavy atom. The summed E-state index contributed by atoms with van der Waals surface area (Å²) in [6.07, 6.45) is 16.9.